The van der Waals surface area contributed by atoms with Crippen molar-refractivity contribution in [2.75, 3.05) is 6.61 Å². The first-order valence-corrected chi connectivity index (χ1v) is 17.1. The van der Waals surface area contributed by atoms with Crippen LogP contribution in [0.1, 0.15) is 174 Å². The van der Waals surface area contributed by atoms with Gasteiger partial charge in [0.2, 0.25) is 5.91 Å². The van der Waals surface area contributed by atoms with Gasteiger partial charge in [-0.1, -0.05) is 147 Å². The number of amides is 1. The van der Waals surface area contributed by atoms with E-state index in [1.165, 1.54) is 116 Å². The Bertz CT molecular complexity index is 560. The minimum absolute atomic E-state index is 0.0752. The molecule has 0 aromatic heterocycles. The zero-order valence-corrected chi connectivity index (χ0v) is 26.2. The van der Waals surface area contributed by atoms with Crippen molar-refractivity contribution in [3.8, 4) is 0 Å². The second-order valence-electron chi connectivity index (χ2n) is 11.6. The maximum absolute atomic E-state index is 12.3. The number of allylic oxidation sites excluding steroid dienone is 3. The van der Waals surface area contributed by atoms with Crippen LogP contribution >= 0.6 is 0 Å². The lowest BCUT2D eigenvalue weighted by Crippen LogP contribution is -2.45. The van der Waals surface area contributed by atoms with Crippen LogP contribution in [0.4, 0.5) is 0 Å². The van der Waals surface area contributed by atoms with Crippen LogP contribution in [0.3, 0.4) is 0 Å². The molecule has 0 aromatic rings. The predicted molar refractivity (Wildman–Crippen MR) is 170 cm³/mol. The van der Waals surface area contributed by atoms with Crippen molar-refractivity contribution in [1.29, 1.82) is 0 Å². The molecule has 2 unspecified atom stereocenters. The summed E-state index contributed by atoms with van der Waals surface area (Å²) in [6, 6.07) is -0.621. The van der Waals surface area contributed by atoms with Gasteiger partial charge < -0.3 is 15.5 Å². The van der Waals surface area contributed by atoms with Crippen LogP contribution in [-0.4, -0.2) is 34.9 Å². The van der Waals surface area contributed by atoms with Crippen LogP contribution < -0.4 is 5.32 Å². The van der Waals surface area contributed by atoms with E-state index in [1.54, 1.807) is 6.08 Å². The Labute approximate surface area is 243 Å². The highest BCUT2D eigenvalue weighted by molar-refractivity contribution is 5.76. The Hall–Kier alpha value is -1.13. The van der Waals surface area contributed by atoms with E-state index in [0.717, 1.165) is 38.5 Å². The van der Waals surface area contributed by atoms with Gasteiger partial charge in [-0.05, 0) is 44.9 Å². The van der Waals surface area contributed by atoms with Crippen LogP contribution in [0.2, 0.25) is 0 Å². The van der Waals surface area contributed by atoms with Gasteiger partial charge in [0.05, 0.1) is 18.8 Å². The first kappa shape index (κ1) is 37.9. The Balaban J connectivity index is 3.67. The normalized spacial score (nSPS) is 13.4. The van der Waals surface area contributed by atoms with Crippen LogP contribution in [0, 0.1) is 0 Å². The number of carbonyl (C=O) groups is 1. The topological polar surface area (TPSA) is 69.6 Å². The number of carbonyl (C=O) groups excluding carboxylic acids is 1. The second-order valence-corrected chi connectivity index (χ2v) is 11.6. The molecular weight excluding hydrogens is 482 g/mol. The van der Waals surface area contributed by atoms with E-state index in [2.05, 4.69) is 31.3 Å². The van der Waals surface area contributed by atoms with Crippen molar-refractivity contribution in [3.63, 3.8) is 0 Å². The maximum atomic E-state index is 12.3. The van der Waals surface area contributed by atoms with Crippen molar-refractivity contribution in [2.24, 2.45) is 0 Å². The van der Waals surface area contributed by atoms with Crippen molar-refractivity contribution in [1.82, 2.24) is 5.32 Å². The summed E-state index contributed by atoms with van der Waals surface area (Å²) < 4.78 is 0. The number of aliphatic hydroxyl groups excluding tert-OH is 2. The number of aliphatic hydroxyl groups is 2. The lowest BCUT2D eigenvalue weighted by molar-refractivity contribution is -0.123. The van der Waals surface area contributed by atoms with E-state index >= 15 is 0 Å². The molecule has 4 heteroatoms. The highest BCUT2D eigenvalue weighted by Gasteiger charge is 2.17. The Morgan fingerprint density at radius 2 is 0.974 bits per heavy atom. The summed E-state index contributed by atoms with van der Waals surface area (Å²) in [5.74, 6) is -0.0752. The molecule has 0 saturated carbocycles. The van der Waals surface area contributed by atoms with Gasteiger partial charge in [-0.2, -0.15) is 0 Å². The van der Waals surface area contributed by atoms with Crippen molar-refractivity contribution < 1.29 is 15.0 Å². The predicted octanol–water partition coefficient (Wildman–Crippen LogP) is 9.73. The molecule has 39 heavy (non-hydrogen) atoms. The fourth-order valence-electron chi connectivity index (χ4n) is 4.99. The van der Waals surface area contributed by atoms with Crippen molar-refractivity contribution in [3.05, 3.63) is 24.3 Å². The number of unbranched alkanes of at least 4 members (excludes halogenated alkanes) is 21. The monoisotopic (exact) mass is 550 g/mol. The van der Waals surface area contributed by atoms with Crippen molar-refractivity contribution in [2.45, 2.75) is 187 Å². The third kappa shape index (κ3) is 28.2. The first-order valence-electron chi connectivity index (χ1n) is 17.1. The molecule has 0 saturated heterocycles. The molecule has 0 bridgehead atoms. The summed E-state index contributed by atoms with van der Waals surface area (Å²) in [5, 5.41) is 22.8. The molecule has 0 aliphatic heterocycles. The standard InChI is InChI=1S/C35H67NO3/c1-3-5-7-9-11-13-15-17-19-21-23-25-27-29-31-35(39)36-33(32-37)34(38)30-28-26-24-22-20-18-16-14-12-10-8-6-4-2/h15,17,28,30,33-34,37-38H,3-14,16,18-27,29,31-32H2,1-2H3,(H,36,39)/b17-15-,30-28+. The third-order valence-electron chi connectivity index (χ3n) is 7.68. The number of hydrogen-bond donors (Lipinski definition) is 3. The van der Waals surface area contributed by atoms with Gasteiger partial charge in [-0.3, -0.25) is 4.79 Å². The number of nitrogens with one attached hydrogen (secondary N) is 1. The molecule has 0 aromatic carbocycles. The number of rotatable bonds is 30. The lowest BCUT2D eigenvalue weighted by atomic mass is 10.0. The van der Waals surface area contributed by atoms with Crippen molar-refractivity contribution >= 4 is 5.91 Å². The minimum Gasteiger partial charge on any atom is -0.394 e. The maximum Gasteiger partial charge on any atom is 0.220 e. The number of hydrogen-bond acceptors (Lipinski definition) is 3. The SMILES string of the molecule is CCCCCCC/C=C\CCCCCCCC(=O)NC(CO)C(O)/C=C/CCCCCCCCCCCCC. The van der Waals surface area contributed by atoms with E-state index in [4.69, 9.17) is 0 Å². The van der Waals surface area contributed by atoms with E-state index < -0.39 is 12.1 Å². The molecule has 2 atom stereocenters. The molecule has 0 fully saturated rings. The summed E-state index contributed by atoms with van der Waals surface area (Å²) in [7, 11) is 0. The first-order chi connectivity index (χ1) is 19.2. The van der Waals surface area contributed by atoms with Gasteiger partial charge >= 0.3 is 0 Å². The quantitative estimate of drug-likeness (QED) is 0.0617. The molecule has 0 aliphatic rings. The van der Waals surface area contributed by atoms with Crippen LogP contribution in [0.25, 0.3) is 0 Å². The molecule has 0 heterocycles. The van der Waals surface area contributed by atoms with Gasteiger partial charge in [-0.15, -0.1) is 0 Å². The Morgan fingerprint density at radius 3 is 1.41 bits per heavy atom. The van der Waals surface area contributed by atoms with Gasteiger partial charge in [-0.25, -0.2) is 0 Å². The van der Waals surface area contributed by atoms with Crippen LogP contribution in [0.5, 0.6) is 0 Å². The zero-order valence-electron chi connectivity index (χ0n) is 26.2. The van der Waals surface area contributed by atoms with E-state index in [1.807, 2.05) is 6.08 Å². The third-order valence-corrected chi connectivity index (χ3v) is 7.68. The van der Waals surface area contributed by atoms with E-state index in [0.29, 0.717) is 6.42 Å². The lowest BCUT2D eigenvalue weighted by Gasteiger charge is -2.20. The van der Waals surface area contributed by atoms with Gasteiger partial charge in [0.1, 0.15) is 0 Å². The van der Waals surface area contributed by atoms with Gasteiger partial charge in [0.25, 0.3) is 0 Å². The van der Waals surface area contributed by atoms with Crippen LogP contribution in [-0.2, 0) is 4.79 Å². The van der Waals surface area contributed by atoms with Gasteiger partial charge in [0, 0.05) is 6.42 Å². The average molecular weight is 550 g/mol. The summed E-state index contributed by atoms with van der Waals surface area (Å²) >= 11 is 0. The molecule has 0 spiro atoms. The average Bonchev–Trinajstić information content (AvgIpc) is 2.94. The fourth-order valence-corrected chi connectivity index (χ4v) is 4.99. The Kier molecular flexibility index (Phi) is 30.5. The summed E-state index contributed by atoms with van der Waals surface area (Å²) in [5.41, 5.74) is 0. The molecule has 3 N–H and O–H groups in total. The Morgan fingerprint density at radius 1 is 0.590 bits per heavy atom. The summed E-state index contributed by atoms with van der Waals surface area (Å²) in [6.45, 7) is 4.27. The highest BCUT2D eigenvalue weighted by atomic mass is 16.3. The molecule has 0 radical (unpaired) electrons. The summed E-state index contributed by atoms with van der Waals surface area (Å²) in [4.78, 5) is 12.3. The molecular formula is C35H67NO3. The van der Waals surface area contributed by atoms with Gasteiger partial charge in [0.15, 0.2) is 0 Å². The second kappa shape index (κ2) is 31.4. The molecule has 4 nitrogen and oxygen atoms in total. The summed E-state index contributed by atoms with van der Waals surface area (Å²) in [6.07, 6.45) is 38.2. The fraction of sp³-hybridized carbons (Fsp3) is 0.857. The highest BCUT2D eigenvalue weighted by Crippen LogP contribution is 2.13. The molecule has 230 valence electrons. The smallest absolute Gasteiger partial charge is 0.220 e. The molecule has 1 amide bonds. The molecule has 0 aliphatic carbocycles. The van der Waals surface area contributed by atoms with E-state index in [9.17, 15) is 15.0 Å². The minimum atomic E-state index is -0.837. The molecule has 0 rings (SSSR count). The van der Waals surface area contributed by atoms with Crippen LogP contribution in [0.15, 0.2) is 24.3 Å². The zero-order chi connectivity index (χ0) is 28.7. The largest absolute Gasteiger partial charge is 0.394 e. The van der Waals surface area contributed by atoms with E-state index in [-0.39, 0.29) is 12.5 Å².